The van der Waals surface area contributed by atoms with E-state index in [-0.39, 0.29) is 5.88 Å². The number of allylic oxidation sites excluding steroid dienone is 1. The summed E-state index contributed by atoms with van der Waals surface area (Å²) in [4.78, 5) is 4.03. The maximum atomic E-state index is 10.4. The first-order valence-corrected chi connectivity index (χ1v) is 6.80. The lowest BCUT2D eigenvalue weighted by Crippen LogP contribution is -2.42. The van der Waals surface area contributed by atoms with Crippen LogP contribution in [0.4, 0.5) is 11.4 Å². The van der Waals surface area contributed by atoms with Gasteiger partial charge in [-0.15, -0.1) is 5.53 Å². The second-order valence-corrected chi connectivity index (χ2v) is 5.10. The Morgan fingerprint density at radius 1 is 1.05 bits per heavy atom. The van der Waals surface area contributed by atoms with Gasteiger partial charge in [-0.2, -0.15) is 0 Å². The molecule has 0 atom stereocenters. The van der Waals surface area contributed by atoms with Crippen molar-refractivity contribution in [2.45, 2.75) is 0 Å². The molecule has 5 nitrogen and oxygen atoms in total. The number of pyridine rings is 1. The molecule has 0 radical (unpaired) electrons. The molecule has 6 heteroatoms. The minimum atomic E-state index is 0.116. The van der Waals surface area contributed by atoms with Crippen molar-refractivity contribution in [3.05, 3.63) is 71.0 Å². The molecule has 0 bridgehead atoms. The van der Waals surface area contributed by atoms with Crippen LogP contribution in [0.2, 0.25) is 5.15 Å². The summed E-state index contributed by atoms with van der Waals surface area (Å²) in [7, 11) is 0. The van der Waals surface area contributed by atoms with Crippen molar-refractivity contribution >= 4 is 29.1 Å². The van der Waals surface area contributed by atoms with Gasteiger partial charge in [-0.1, -0.05) is 35.9 Å². The number of hydrazine groups is 2. The number of aliphatic hydroxyl groups is 1. The number of aliphatic hydroxyl groups excluding tert-OH is 1. The molecule has 0 amide bonds. The Kier molecular flexibility index (Phi) is 2.63. The maximum absolute atomic E-state index is 10.4. The normalized spacial score (nSPS) is 16.2. The molecule has 2 aromatic rings. The van der Waals surface area contributed by atoms with E-state index in [9.17, 15) is 5.11 Å². The summed E-state index contributed by atoms with van der Waals surface area (Å²) in [6.07, 6.45) is 5.44. The smallest absolute Gasteiger partial charge is 0.234 e. The molecule has 21 heavy (non-hydrogen) atoms. The van der Waals surface area contributed by atoms with E-state index in [2.05, 4.69) is 10.5 Å². The molecule has 104 valence electrons. The molecule has 0 saturated heterocycles. The van der Waals surface area contributed by atoms with Gasteiger partial charge in [-0.05, 0) is 29.8 Å². The van der Waals surface area contributed by atoms with E-state index in [0.29, 0.717) is 16.5 Å². The van der Waals surface area contributed by atoms with Crippen LogP contribution in [-0.2, 0) is 0 Å². The lowest BCUT2D eigenvalue weighted by atomic mass is 10.1. The van der Waals surface area contributed by atoms with Crippen LogP contribution >= 0.6 is 11.6 Å². The van der Waals surface area contributed by atoms with Crippen LogP contribution in [0.15, 0.2) is 60.3 Å². The Labute approximate surface area is 126 Å². The predicted octanol–water partition coefficient (Wildman–Crippen LogP) is 3.24. The highest BCUT2D eigenvalue weighted by Crippen LogP contribution is 2.35. The lowest BCUT2D eigenvalue weighted by molar-refractivity contribution is 0.388. The first kappa shape index (κ1) is 12.3. The number of hydrogen-bond acceptors (Lipinski definition) is 5. The van der Waals surface area contributed by atoms with Gasteiger partial charge in [0.05, 0.1) is 17.6 Å². The summed E-state index contributed by atoms with van der Waals surface area (Å²) in [5.74, 6) is 0.116. The number of aromatic nitrogens is 1. The molecule has 4 rings (SSSR count). The molecule has 2 N–H and O–H groups in total. The van der Waals surface area contributed by atoms with E-state index in [1.807, 2.05) is 41.4 Å². The minimum Gasteiger partial charge on any atom is -0.492 e. The van der Waals surface area contributed by atoms with Gasteiger partial charge in [0.15, 0.2) is 0 Å². The molecule has 2 aliphatic rings. The topological polar surface area (TPSA) is 51.6 Å². The Hall–Kier alpha value is -2.50. The summed E-state index contributed by atoms with van der Waals surface area (Å²) in [6, 6.07) is 11.4. The highest BCUT2D eigenvalue weighted by molar-refractivity contribution is 6.29. The highest BCUT2D eigenvalue weighted by atomic mass is 35.5. The van der Waals surface area contributed by atoms with Gasteiger partial charge in [0.1, 0.15) is 10.9 Å². The monoisotopic (exact) mass is 298 g/mol. The SMILES string of the molecule is OC1=C2C=Cc3ccccc3N2NN1c1ccc(Cl)nc1. The Bertz CT molecular complexity index is 769. The second-order valence-electron chi connectivity index (χ2n) is 4.71. The van der Waals surface area contributed by atoms with E-state index in [4.69, 9.17) is 11.6 Å². The van der Waals surface area contributed by atoms with Crippen LogP contribution in [-0.4, -0.2) is 10.1 Å². The second kappa shape index (κ2) is 4.51. The molecule has 1 aromatic carbocycles. The Morgan fingerprint density at radius 3 is 2.71 bits per heavy atom. The minimum absolute atomic E-state index is 0.116. The molecule has 0 spiro atoms. The molecule has 0 saturated carbocycles. The molecule has 0 aliphatic carbocycles. The van der Waals surface area contributed by atoms with E-state index in [0.717, 1.165) is 11.3 Å². The van der Waals surface area contributed by atoms with Crippen molar-refractivity contribution in [2.75, 3.05) is 10.0 Å². The average molecular weight is 299 g/mol. The number of benzene rings is 1. The van der Waals surface area contributed by atoms with Crippen LogP contribution in [0.25, 0.3) is 6.08 Å². The van der Waals surface area contributed by atoms with Crippen LogP contribution in [0.5, 0.6) is 0 Å². The number of nitrogens with zero attached hydrogens (tertiary/aromatic N) is 3. The van der Waals surface area contributed by atoms with Crippen LogP contribution in [0.1, 0.15) is 5.56 Å². The first-order chi connectivity index (χ1) is 10.2. The van der Waals surface area contributed by atoms with Crippen LogP contribution < -0.4 is 15.6 Å². The summed E-state index contributed by atoms with van der Waals surface area (Å²) < 4.78 is 0. The van der Waals surface area contributed by atoms with Gasteiger partial charge < -0.3 is 5.11 Å². The summed E-state index contributed by atoms with van der Waals surface area (Å²) >= 11 is 5.80. The van der Waals surface area contributed by atoms with Crippen LogP contribution in [0.3, 0.4) is 0 Å². The van der Waals surface area contributed by atoms with Crippen molar-refractivity contribution in [2.24, 2.45) is 0 Å². The molecule has 1 aromatic heterocycles. The zero-order chi connectivity index (χ0) is 14.4. The number of halogens is 1. The van der Waals surface area contributed by atoms with E-state index in [1.165, 1.54) is 0 Å². The van der Waals surface area contributed by atoms with Gasteiger partial charge in [0.25, 0.3) is 0 Å². The van der Waals surface area contributed by atoms with E-state index in [1.54, 1.807) is 23.3 Å². The van der Waals surface area contributed by atoms with Gasteiger partial charge in [0.2, 0.25) is 5.88 Å². The molecule has 0 fully saturated rings. The zero-order valence-corrected chi connectivity index (χ0v) is 11.6. The Balaban J connectivity index is 1.77. The van der Waals surface area contributed by atoms with Crippen molar-refractivity contribution < 1.29 is 5.11 Å². The van der Waals surface area contributed by atoms with Crippen molar-refractivity contribution in [1.82, 2.24) is 10.5 Å². The third-order valence-electron chi connectivity index (χ3n) is 3.45. The fourth-order valence-electron chi connectivity index (χ4n) is 2.43. The third kappa shape index (κ3) is 1.86. The standard InChI is InChI=1S/C15H11ClN4O/c16-14-8-6-11(9-17-14)19-15(21)13-7-5-10-3-1-2-4-12(10)20(13)18-19/h1-9,18,21H. The number of para-hydroxylation sites is 1. The van der Waals surface area contributed by atoms with Crippen LogP contribution in [0, 0.1) is 0 Å². The van der Waals surface area contributed by atoms with Crippen molar-refractivity contribution in [3.63, 3.8) is 0 Å². The Morgan fingerprint density at radius 2 is 1.90 bits per heavy atom. The predicted molar refractivity (Wildman–Crippen MR) is 82.5 cm³/mol. The van der Waals surface area contributed by atoms with Crippen molar-refractivity contribution in [3.8, 4) is 0 Å². The van der Waals surface area contributed by atoms with Crippen molar-refractivity contribution in [1.29, 1.82) is 0 Å². The largest absolute Gasteiger partial charge is 0.492 e. The van der Waals surface area contributed by atoms with E-state index >= 15 is 0 Å². The molecular weight excluding hydrogens is 288 g/mol. The number of hydrogen-bond donors (Lipinski definition) is 2. The third-order valence-corrected chi connectivity index (χ3v) is 3.67. The number of nitrogens with one attached hydrogen (secondary N) is 1. The highest BCUT2D eigenvalue weighted by Gasteiger charge is 2.32. The maximum Gasteiger partial charge on any atom is 0.234 e. The van der Waals surface area contributed by atoms with Gasteiger partial charge in [-0.3, -0.25) is 5.01 Å². The zero-order valence-electron chi connectivity index (χ0n) is 10.9. The average Bonchev–Trinajstić information content (AvgIpc) is 2.86. The fourth-order valence-corrected chi connectivity index (χ4v) is 2.54. The van der Waals surface area contributed by atoms with Gasteiger partial charge in [0, 0.05) is 0 Å². The number of fused-ring (bicyclic) bond motifs is 3. The fraction of sp³-hybridized carbons (Fsp3) is 0. The number of anilines is 2. The summed E-state index contributed by atoms with van der Waals surface area (Å²) in [5, 5.41) is 14.2. The summed E-state index contributed by atoms with van der Waals surface area (Å²) in [5.41, 5.74) is 6.58. The molecule has 0 unspecified atom stereocenters. The van der Waals surface area contributed by atoms with E-state index < -0.39 is 0 Å². The molecular formula is C15H11ClN4O. The number of rotatable bonds is 1. The first-order valence-electron chi connectivity index (χ1n) is 6.42. The van der Waals surface area contributed by atoms with Gasteiger partial charge >= 0.3 is 0 Å². The molecule has 2 aliphatic heterocycles. The lowest BCUT2D eigenvalue weighted by Gasteiger charge is -2.26. The molecule has 3 heterocycles. The summed E-state index contributed by atoms with van der Waals surface area (Å²) in [6.45, 7) is 0. The quantitative estimate of drug-likeness (QED) is 0.792. The van der Waals surface area contributed by atoms with Gasteiger partial charge in [-0.25, -0.2) is 9.99 Å².